The number of rotatable bonds is 6. The second-order valence-electron chi connectivity index (χ2n) is 6.59. The van der Waals surface area contributed by atoms with Crippen LogP contribution in [0.25, 0.3) is 10.9 Å². The Morgan fingerprint density at radius 2 is 2.00 bits per heavy atom. The van der Waals surface area contributed by atoms with Crippen molar-refractivity contribution in [1.29, 1.82) is 0 Å². The number of benzene rings is 2. The molecule has 1 amide bonds. The predicted octanol–water partition coefficient (Wildman–Crippen LogP) is 2.56. The highest BCUT2D eigenvalue weighted by Gasteiger charge is 2.17. The van der Waals surface area contributed by atoms with Crippen molar-refractivity contribution in [1.82, 2.24) is 14.7 Å². The highest BCUT2D eigenvalue weighted by Crippen LogP contribution is 2.32. The van der Waals surface area contributed by atoms with Crippen LogP contribution in [-0.4, -0.2) is 33.9 Å². The Labute approximate surface area is 162 Å². The monoisotopic (exact) mass is 379 g/mol. The van der Waals surface area contributed by atoms with Crippen molar-refractivity contribution >= 4 is 16.8 Å². The van der Waals surface area contributed by atoms with E-state index in [4.69, 9.17) is 9.47 Å². The lowest BCUT2D eigenvalue weighted by molar-refractivity contribution is -0.131. The van der Waals surface area contributed by atoms with Gasteiger partial charge in [0.15, 0.2) is 11.5 Å². The zero-order valence-corrected chi connectivity index (χ0v) is 15.6. The number of aryl methyl sites for hydroxylation is 1. The number of para-hydroxylation sites is 1. The van der Waals surface area contributed by atoms with E-state index in [1.807, 2.05) is 43.3 Å². The summed E-state index contributed by atoms with van der Waals surface area (Å²) in [4.78, 5) is 26.5. The van der Waals surface area contributed by atoms with Gasteiger partial charge < -0.3 is 14.4 Å². The van der Waals surface area contributed by atoms with E-state index in [0.717, 1.165) is 16.8 Å². The van der Waals surface area contributed by atoms with Crippen LogP contribution in [0, 0.1) is 0 Å². The van der Waals surface area contributed by atoms with Gasteiger partial charge in [0.2, 0.25) is 18.1 Å². The van der Waals surface area contributed by atoms with Gasteiger partial charge in [-0.05, 0) is 36.8 Å². The number of carbonyl (C=O) groups is 1. The molecular weight excluding hydrogens is 358 g/mol. The highest BCUT2D eigenvalue weighted by molar-refractivity contribution is 5.79. The third-order valence-electron chi connectivity index (χ3n) is 4.84. The molecule has 0 saturated heterocycles. The summed E-state index contributed by atoms with van der Waals surface area (Å²) in [5.41, 5.74) is 1.61. The number of carbonyl (C=O) groups excluding carboxylic acids is 1. The number of ether oxygens (including phenoxy) is 2. The second-order valence-corrected chi connectivity index (χ2v) is 6.59. The minimum atomic E-state index is -0.115. The number of hydrogen-bond acceptors (Lipinski definition) is 5. The first-order chi connectivity index (χ1) is 13.7. The van der Waals surface area contributed by atoms with E-state index < -0.39 is 0 Å². The van der Waals surface area contributed by atoms with E-state index in [2.05, 4.69) is 5.10 Å². The maximum Gasteiger partial charge on any atom is 0.231 e. The normalized spacial score (nSPS) is 12.3. The summed E-state index contributed by atoms with van der Waals surface area (Å²) in [5, 5.41) is 4.80. The van der Waals surface area contributed by atoms with Gasteiger partial charge in [0.1, 0.15) is 0 Å². The molecule has 1 aliphatic heterocycles. The van der Waals surface area contributed by atoms with Crippen molar-refractivity contribution in [3.8, 4) is 11.5 Å². The molecule has 4 rings (SSSR count). The van der Waals surface area contributed by atoms with Gasteiger partial charge in [-0.15, -0.1) is 0 Å². The summed E-state index contributed by atoms with van der Waals surface area (Å²) >= 11 is 0. The SMILES string of the molecule is CCN(Cc1ccc2c(c1)OCO2)C(=O)CCn1ncc(=O)c2ccccc21. The molecule has 2 aromatic carbocycles. The van der Waals surface area contributed by atoms with Crippen molar-refractivity contribution in [3.63, 3.8) is 0 Å². The molecule has 144 valence electrons. The number of nitrogens with zero attached hydrogens (tertiary/aromatic N) is 3. The van der Waals surface area contributed by atoms with Gasteiger partial charge in [-0.25, -0.2) is 0 Å². The third-order valence-corrected chi connectivity index (χ3v) is 4.84. The quantitative estimate of drug-likeness (QED) is 0.658. The van der Waals surface area contributed by atoms with E-state index in [1.54, 1.807) is 15.6 Å². The third kappa shape index (κ3) is 3.55. The van der Waals surface area contributed by atoms with Crippen LogP contribution in [0.5, 0.6) is 11.5 Å². The van der Waals surface area contributed by atoms with Gasteiger partial charge in [-0.1, -0.05) is 18.2 Å². The first-order valence-electron chi connectivity index (χ1n) is 9.27. The van der Waals surface area contributed by atoms with E-state index in [-0.39, 0.29) is 18.1 Å². The highest BCUT2D eigenvalue weighted by atomic mass is 16.7. The summed E-state index contributed by atoms with van der Waals surface area (Å²) < 4.78 is 12.4. The van der Waals surface area contributed by atoms with Gasteiger partial charge in [-0.2, -0.15) is 5.10 Å². The van der Waals surface area contributed by atoms with Crippen LogP contribution in [0.2, 0.25) is 0 Å². The Bertz CT molecular complexity index is 1080. The first-order valence-corrected chi connectivity index (χ1v) is 9.27. The second kappa shape index (κ2) is 7.72. The zero-order valence-electron chi connectivity index (χ0n) is 15.6. The van der Waals surface area contributed by atoms with Crippen LogP contribution >= 0.6 is 0 Å². The van der Waals surface area contributed by atoms with E-state index >= 15 is 0 Å². The molecule has 0 fully saturated rings. The average molecular weight is 379 g/mol. The molecule has 0 saturated carbocycles. The van der Waals surface area contributed by atoms with Gasteiger partial charge >= 0.3 is 0 Å². The lowest BCUT2D eigenvalue weighted by Crippen LogP contribution is -2.31. The molecule has 0 radical (unpaired) electrons. The average Bonchev–Trinajstić information content (AvgIpc) is 3.19. The Morgan fingerprint density at radius 1 is 1.18 bits per heavy atom. The zero-order chi connectivity index (χ0) is 19.5. The summed E-state index contributed by atoms with van der Waals surface area (Å²) in [5.74, 6) is 1.48. The van der Waals surface area contributed by atoms with Crippen LogP contribution in [0.15, 0.2) is 53.5 Å². The molecule has 0 atom stereocenters. The van der Waals surface area contributed by atoms with E-state index in [9.17, 15) is 9.59 Å². The Morgan fingerprint density at radius 3 is 2.86 bits per heavy atom. The van der Waals surface area contributed by atoms with Crippen LogP contribution in [0.1, 0.15) is 18.9 Å². The number of amides is 1. The molecule has 0 N–H and O–H groups in total. The van der Waals surface area contributed by atoms with E-state index in [1.165, 1.54) is 6.20 Å². The Balaban J connectivity index is 1.45. The smallest absolute Gasteiger partial charge is 0.231 e. The van der Waals surface area contributed by atoms with Crippen LogP contribution in [-0.2, 0) is 17.9 Å². The minimum Gasteiger partial charge on any atom is -0.454 e. The number of hydrogen-bond donors (Lipinski definition) is 0. The molecule has 28 heavy (non-hydrogen) atoms. The van der Waals surface area contributed by atoms with Gasteiger partial charge in [0.25, 0.3) is 0 Å². The lowest BCUT2D eigenvalue weighted by Gasteiger charge is -2.21. The predicted molar refractivity (Wildman–Crippen MR) is 104 cm³/mol. The summed E-state index contributed by atoms with van der Waals surface area (Å²) in [6, 6.07) is 13.0. The summed E-state index contributed by atoms with van der Waals surface area (Å²) in [6.45, 7) is 3.71. The Hall–Kier alpha value is -3.35. The first kappa shape index (κ1) is 18.0. The van der Waals surface area contributed by atoms with Crippen LogP contribution in [0.3, 0.4) is 0 Å². The fourth-order valence-electron chi connectivity index (χ4n) is 3.33. The van der Waals surface area contributed by atoms with Gasteiger partial charge in [0.05, 0.1) is 18.3 Å². The topological polar surface area (TPSA) is 73.7 Å². The maximum atomic E-state index is 12.8. The summed E-state index contributed by atoms with van der Waals surface area (Å²) in [6.07, 6.45) is 1.61. The molecule has 1 aliphatic rings. The maximum absolute atomic E-state index is 12.8. The van der Waals surface area contributed by atoms with Crippen molar-refractivity contribution in [3.05, 3.63) is 64.4 Å². The molecule has 1 aromatic heterocycles. The fraction of sp³-hybridized carbons (Fsp3) is 0.286. The molecule has 0 bridgehead atoms. The molecule has 0 spiro atoms. The van der Waals surface area contributed by atoms with Crippen LogP contribution in [0.4, 0.5) is 0 Å². The Kier molecular flexibility index (Phi) is 4.97. The van der Waals surface area contributed by atoms with E-state index in [0.29, 0.717) is 37.2 Å². The molecular formula is C21H21N3O4. The van der Waals surface area contributed by atoms with Gasteiger partial charge in [0, 0.05) is 24.9 Å². The molecule has 0 aliphatic carbocycles. The summed E-state index contributed by atoms with van der Waals surface area (Å²) in [7, 11) is 0. The number of fused-ring (bicyclic) bond motifs is 2. The molecule has 0 unspecified atom stereocenters. The van der Waals surface area contributed by atoms with Crippen molar-refractivity contribution in [2.75, 3.05) is 13.3 Å². The minimum absolute atomic E-state index is 0.0322. The molecule has 3 aromatic rings. The van der Waals surface area contributed by atoms with Crippen molar-refractivity contribution in [2.45, 2.75) is 26.4 Å². The standard InChI is InChI=1S/C21H21N3O4/c1-2-23(13-15-7-8-19-20(11-15)28-14-27-19)21(26)9-10-24-17-6-4-3-5-16(17)18(25)12-22-24/h3-8,11-12H,2,9-10,13-14H2,1H3. The lowest BCUT2D eigenvalue weighted by atomic mass is 10.2. The van der Waals surface area contributed by atoms with Crippen LogP contribution < -0.4 is 14.9 Å². The molecule has 2 heterocycles. The van der Waals surface area contributed by atoms with Crippen molar-refractivity contribution < 1.29 is 14.3 Å². The molecule has 7 nitrogen and oxygen atoms in total. The van der Waals surface area contributed by atoms with Crippen molar-refractivity contribution in [2.24, 2.45) is 0 Å². The van der Waals surface area contributed by atoms with Gasteiger partial charge in [-0.3, -0.25) is 14.3 Å². The molecule has 7 heteroatoms. The fourth-order valence-corrected chi connectivity index (χ4v) is 3.33. The number of aromatic nitrogens is 2. The largest absolute Gasteiger partial charge is 0.454 e.